The molecule has 0 aromatic carbocycles. The van der Waals surface area contributed by atoms with E-state index in [0.717, 1.165) is 28.8 Å². The fourth-order valence-electron chi connectivity index (χ4n) is 0.596. The van der Waals surface area contributed by atoms with Gasteiger partial charge >= 0.3 is 60.4 Å². The molecule has 0 saturated heterocycles. The zero-order valence-electron chi connectivity index (χ0n) is 6.60. The van der Waals surface area contributed by atoms with Crippen LogP contribution in [-0.4, -0.2) is 32.7 Å². The summed E-state index contributed by atoms with van der Waals surface area (Å²) in [6.07, 6.45) is 0. The van der Waals surface area contributed by atoms with Gasteiger partial charge in [0.25, 0.3) is 0 Å². The van der Waals surface area contributed by atoms with Crippen molar-refractivity contribution in [3.05, 3.63) is 0 Å². The molecule has 0 fully saturated rings. The van der Waals surface area contributed by atoms with Crippen LogP contribution in [0.5, 0.6) is 0 Å². The molecule has 0 rings (SSSR count). The van der Waals surface area contributed by atoms with Crippen LogP contribution in [0.3, 0.4) is 0 Å². The van der Waals surface area contributed by atoms with E-state index in [1.165, 1.54) is 0 Å². The van der Waals surface area contributed by atoms with E-state index in [9.17, 15) is 0 Å². The Balaban J connectivity index is 3.46. The molecule has 0 unspecified atom stereocenters. The van der Waals surface area contributed by atoms with Crippen LogP contribution < -0.4 is 0 Å². The van der Waals surface area contributed by atoms with Crippen LogP contribution in [0.25, 0.3) is 0 Å². The van der Waals surface area contributed by atoms with Crippen molar-refractivity contribution in [2.45, 2.75) is 39.8 Å². The average Bonchev–Trinajstić information content (AvgIpc) is 1.64. The van der Waals surface area contributed by atoms with E-state index < -0.39 is 0 Å². The van der Waals surface area contributed by atoms with E-state index in [4.69, 9.17) is 0 Å². The van der Waals surface area contributed by atoms with Gasteiger partial charge in [-0.3, -0.25) is 0 Å². The fourth-order valence-corrected chi connectivity index (χ4v) is 0.596. The van der Waals surface area contributed by atoms with Crippen LogP contribution in [0.2, 0.25) is 0 Å². The summed E-state index contributed by atoms with van der Waals surface area (Å²) >= 11 is 0.856. The van der Waals surface area contributed by atoms with E-state index in [2.05, 4.69) is 31.6 Å². The van der Waals surface area contributed by atoms with Crippen molar-refractivity contribution in [1.82, 2.24) is 3.86 Å². The predicted octanol–water partition coefficient (Wildman–Crippen LogP) is 0.386. The number of hydrogen-bond donors (Lipinski definition) is 0. The summed E-state index contributed by atoms with van der Waals surface area (Å²) in [5, 5.41) is 0. The first kappa shape index (κ1) is 8.50. The van der Waals surface area contributed by atoms with Gasteiger partial charge < -0.3 is 0 Å². The van der Waals surface area contributed by atoms with Crippen molar-refractivity contribution >= 4 is 16.7 Å². The van der Waals surface area contributed by atoms with Gasteiger partial charge in [0.05, 0.1) is 0 Å². The fraction of sp³-hybridized carbons (Fsp3) is 1.00. The Labute approximate surface area is 60.9 Å². The van der Waals surface area contributed by atoms with Gasteiger partial charge in [-0.25, -0.2) is 0 Å². The molecule has 0 amide bonds. The SMILES string of the molecule is CC(C)[N]([GeH3])C(C)C. The molecule has 0 atom stereocenters. The second-order valence-electron chi connectivity index (χ2n) is 2.85. The number of rotatable bonds is 2. The molecule has 1 nitrogen and oxygen atoms in total. The van der Waals surface area contributed by atoms with Gasteiger partial charge in [0.15, 0.2) is 0 Å². The summed E-state index contributed by atoms with van der Waals surface area (Å²) in [4.78, 5) is 0. The van der Waals surface area contributed by atoms with E-state index in [1.54, 1.807) is 0 Å². The molecule has 0 N–H and O–H groups in total. The van der Waals surface area contributed by atoms with Crippen molar-refractivity contribution in [3.8, 4) is 0 Å². The summed E-state index contributed by atoms with van der Waals surface area (Å²) in [7, 11) is 0. The quantitative estimate of drug-likeness (QED) is 0.549. The Hall–Kier alpha value is 0.503. The van der Waals surface area contributed by atoms with Gasteiger partial charge in [0, 0.05) is 0 Å². The second kappa shape index (κ2) is 3.51. The van der Waals surface area contributed by atoms with Crippen LogP contribution in [0.4, 0.5) is 0 Å². The second-order valence-corrected chi connectivity index (χ2v) is 5.02. The van der Waals surface area contributed by atoms with Gasteiger partial charge in [-0.1, -0.05) is 0 Å². The number of nitrogens with zero attached hydrogens (tertiary/aromatic N) is 1. The van der Waals surface area contributed by atoms with Gasteiger partial charge in [-0.2, -0.15) is 0 Å². The van der Waals surface area contributed by atoms with Gasteiger partial charge in [-0.05, 0) is 0 Å². The molecule has 0 bridgehead atoms. The Morgan fingerprint density at radius 2 is 1.25 bits per heavy atom. The zero-order chi connectivity index (χ0) is 6.73. The predicted molar refractivity (Wildman–Crippen MR) is 42.1 cm³/mol. The molecule has 0 saturated carbocycles. The summed E-state index contributed by atoms with van der Waals surface area (Å²) < 4.78 is 2.52. The van der Waals surface area contributed by atoms with Crippen molar-refractivity contribution < 1.29 is 0 Å². The molecule has 0 aromatic heterocycles. The van der Waals surface area contributed by atoms with E-state index >= 15 is 0 Å². The van der Waals surface area contributed by atoms with Crippen molar-refractivity contribution in [2.75, 3.05) is 0 Å². The summed E-state index contributed by atoms with van der Waals surface area (Å²) in [5.74, 6) is 0. The van der Waals surface area contributed by atoms with Crippen LogP contribution >= 0.6 is 0 Å². The third-order valence-corrected chi connectivity index (χ3v) is 5.96. The molecule has 0 aliphatic carbocycles. The Bertz CT molecular complexity index is 53.5. The minimum absolute atomic E-state index is 0.759. The minimum atomic E-state index is 0.759. The Kier molecular flexibility index (Phi) is 3.73. The van der Waals surface area contributed by atoms with Gasteiger partial charge in [-0.15, -0.1) is 0 Å². The maximum atomic E-state index is 2.52. The third-order valence-electron chi connectivity index (χ3n) is 1.63. The van der Waals surface area contributed by atoms with Crippen LogP contribution in [0, 0.1) is 0 Å². The normalized spacial score (nSPS) is 12.4. The van der Waals surface area contributed by atoms with Gasteiger partial charge in [0.2, 0.25) is 0 Å². The topological polar surface area (TPSA) is 3.24 Å². The van der Waals surface area contributed by atoms with E-state index in [1.807, 2.05) is 0 Å². The third kappa shape index (κ3) is 2.72. The average molecular weight is 176 g/mol. The standard InChI is InChI=1S/C6H17GeN/c1-5(2)8(7)6(3)4/h5-6H,1-4,7H3. The summed E-state index contributed by atoms with van der Waals surface area (Å²) in [5.41, 5.74) is 0. The van der Waals surface area contributed by atoms with E-state index in [-0.39, 0.29) is 0 Å². The Morgan fingerprint density at radius 1 is 1.00 bits per heavy atom. The molecular weight excluding hydrogens is 159 g/mol. The maximum absolute atomic E-state index is 2.52. The summed E-state index contributed by atoms with van der Waals surface area (Å²) in [6, 6.07) is 1.52. The molecule has 0 radical (unpaired) electrons. The van der Waals surface area contributed by atoms with Crippen molar-refractivity contribution in [3.63, 3.8) is 0 Å². The van der Waals surface area contributed by atoms with Crippen LogP contribution in [-0.2, 0) is 0 Å². The Morgan fingerprint density at radius 3 is 1.25 bits per heavy atom. The molecule has 0 aliphatic rings. The van der Waals surface area contributed by atoms with Gasteiger partial charge in [0.1, 0.15) is 0 Å². The molecule has 0 heterocycles. The molecule has 50 valence electrons. The molecule has 0 spiro atoms. The molecular formula is C6H17GeN. The van der Waals surface area contributed by atoms with Crippen molar-refractivity contribution in [1.29, 1.82) is 0 Å². The first-order chi connectivity index (χ1) is 3.55. The first-order valence-corrected chi connectivity index (χ1v) is 5.15. The zero-order valence-corrected chi connectivity index (χ0v) is 10.8. The van der Waals surface area contributed by atoms with E-state index in [0.29, 0.717) is 0 Å². The first-order valence-electron chi connectivity index (χ1n) is 3.27. The van der Waals surface area contributed by atoms with Crippen molar-refractivity contribution in [2.24, 2.45) is 0 Å². The van der Waals surface area contributed by atoms with Crippen LogP contribution in [0.1, 0.15) is 27.7 Å². The number of hydrogen-bond acceptors (Lipinski definition) is 1. The van der Waals surface area contributed by atoms with Crippen LogP contribution in [0.15, 0.2) is 0 Å². The summed E-state index contributed by atoms with van der Waals surface area (Å²) in [6.45, 7) is 9.02. The molecule has 8 heavy (non-hydrogen) atoms. The molecule has 0 aromatic rings. The molecule has 2 heteroatoms. The monoisotopic (exact) mass is 177 g/mol. The molecule has 0 aliphatic heterocycles.